The number of fused-ring (bicyclic) bond motifs is 1. The topological polar surface area (TPSA) is 71.0 Å². The van der Waals surface area contributed by atoms with E-state index in [2.05, 4.69) is 15.2 Å². The highest BCUT2D eigenvalue weighted by molar-refractivity contribution is 6.08. The van der Waals surface area contributed by atoms with Crippen molar-refractivity contribution in [3.05, 3.63) is 77.9 Å². The SMILES string of the molecule is C[C@]1(c2ccc(OC(F)F)cc2)NC(=O)N(N=Cc2cccc3ccccc23)C1=O. The van der Waals surface area contributed by atoms with Crippen molar-refractivity contribution in [1.29, 1.82) is 0 Å². The molecular formula is C22H17F2N3O3. The average molecular weight is 409 g/mol. The predicted molar refractivity (Wildman–Crippen MR) is 107 cm³/mol. The van der Waals surface area contributed by atoms with Crippen molar-refractivity contribution in [2.45, 2.75) is 19.1 Å². The Labute approximate surface area is 170 Å². The number of amides is 3. The molecule has 1 saturated heterocycles. The molecule has 0 radical (unpaired) electrons. The van der Waals surface area contributed by atoms with Gasteiger partial charge in [0.15, 0.2) is 0 Å². The van der Waals surface area contributed by atoms with E-state index in [1.54, 1.807) is 0 Å². The summed E-state index contributed by atoms with van der Waals surface area (Å²) in [6, 6.07) is 18.2. The van der Waals surface area contributed by atoms with Gasteiger partial charge in [-0.1, -0.05) is 54.6 Å². The lowest BCUT2D eigenvalue weighted by molar-refractivity contribution is -0.131. The standard InChI is InChI=1S/C22H17F2N3O3/c1-22(16-9-11-17(12-10-16)30-20(23)24)19(28)27(21(29)26-22)25-13-15-7-4-6-14-5-2-3-8-18(14)15/h2-13,20H,1H3,(H,26,29)/t22-/m1/s1. The van der Waals surface area contributed by atoms with E-state index in [1.165, 1.54) is 37.4 Å². The first-order valence-electron chi connectivity index (χ1n) is 9.12. The molecule has 1 aliphatic heterocycles. The number of hydrogen-bond acceptors (Lipinski definition) is 4. The number of carbonyl (C=O) groups is 2. The van der Waals surface area contributed by atoms with E-state index in [0.717, 1.165) is 21.3 Å². The minimum Gasteiger partial charge on any atom is -0.435 e. The molecule has 4 rings (SSSR count). The highest BCUT2D eigenvalue weighted by Crippen LogP contribution is 2.30. The van der Waals surface area contributed by atoms with Crippen LogP contribution in [0, 0.1) is 0 Å². The van der Waals surface area contributed by atoms with Gasteiger partial charge in [0.25, 0.3) is 5.91 Å². The quantitative estimate of drug-likeness (QED) is 0.506. The third-order valence-electron chi connectivity index (χ3n) is 4.96. The zero-order valence-electron chi connectivity index (χ0n) is 15.9. The van der Waals surface area contributed by atoms with Crippen LogP contribution >= 0.6 is 0 Å². The van der Waals surface area contributed by atoms with Crippen LogP contribution in [0.4, 0.5) is 13.6 Å². The zero-order valence-corrected chi connectivity index (χ0v) is 15.9. The lowest BCUT2D eigenvalue weighted by Gasteiger charge is -2.21. The zero-order chi connectivity index (χ0) is 21.3. The number of urea groups is 1. The number of benzene rings is 3. The molecule has 3 amide bonds. The highest BCUT2D eigenvalue weighted by atomic mass is 19.3. The van der Waals surface area contributed by atoms with Crippen molar-refractivity contribution in [2.75, 3.05) is 0 Å². The van der Waals surface area contributed by atoms with Crippen LogP contribution in [0.5, 0.6) is 5.75 Å². The maximum Gasteiger partial charge on any atom is 0.387 e. The Bertz CT molecular complexity index is 1140. The van der Waals surface area contributed by atoms with Crippen LogP contribution in [-0.4, -0.2) is 29.8 Å². The lowest BCUT2D eigenvalue weighted by Crippen LogP contribution is -2.40. The monoisotopic (exact) mass is 409 g/mol. The number of alkyl halides is 2. The van der Waals surface area contributed by atoms with Crippen LogP contribution in [-0.2, 0) is 10.3 Å². The number of hydrazone groups is 1. The molecule has 1 heterocycles. The van der Waals surface area contributed by atoms with Crippen molar-refractivity contribution in [3.8, 4) is 5.75 Å². The summed E-state index contributed by atoms with van der Waals surface area (Å²) < 4.78 is 29.0. The van der Waals surface area contributed by atoms with Crippen LogP contribution in [0.25, 0.3) is 10.8 Å². The molecule has 1 fully saturated rings. The first kappa shape index (κ1) is 19.5. The number of hydrogen-bond donors (Lipinski definition) is 1. The summed E-state index contributed by atoms with van der Waals surface area (Å²) in [6.07, 6.45) is 1.46. The molecule has 1 N–H and O–H groups in total. The molecule has 0 spiro atoms. The van der Waals surface area contributed by atoms with Gasteiger partial charge in [-0.05, 0) is 35.4 Å². The van der Waals surface area contributed by atoms with Gasteiger partial charge < -0.3 is 10.1 Å². The molecule has 8 heteroatoms. The van der Waals surface area contributed by atoms with Crippen LogP contribution < -0.4 is 10.1 Å². The van der Waals surface area contributed by atoms with Gasteiger partial charge in [-0.25, -0.2) is 4.79 Å². The fraction of sp³-hybridized carbons (Fsp3) is 0.136. The number of imide groups is 1. The fourth-order valence-corrected chi connectivity index (χ4v) is 3.38. The summed E-state index contributed by atoms with van der Waals surface area (Å²) in [7, 11) is 0. The van der Waals surface area contributed by atoms with Crippen molar-refractivity contribution >= 4 is 28.9 Å². The van der Waals surface area contributed by atoms with E-state index in [9.17, 15) is 18.4 Å². The Morgan fingerprint density at radius 3 is 2.47 bits per heavy atom. The van der Waals surface area contributed by atoms with Crippen molar-refractivity contribution in [1.82, 2.24) is 10.3 Å². The Balaban J connectivity index is 1.60. The Hall–Kier alpha value is -3.81. The number of rotatable bonds is 5. The van der Waals surface area contributed by atoms with Crippen LogP contribution in [0.3, 0.4) is 0 Å². The van der Waals surface area contributed by atoms with Gasteiger partial charge in [-0.2, -0.15) is 13.9 Å². The van der Waals surface area contributed by atoms with Crippen LogP contribution in [0.2, 0.25) is 0 Å². The third kappa shape index (κ3) is 3.47. The smallest absolute Gasteiger partial charge is 0.387 e. The second kappa shape index (κ2) is 7.55. The summed E-state index contributed by atoms with van der Waals surface area (Å²) >= 11 is 0. The van der Waals surface area contributed by atoms with Crippen molar-refractivity contribution in [3.63, 3.8) is 0 Å². The van der Waals surface area contributed by atoms with Gasteiger partial charge in [0.1, 0.15) is 11.3 Å². The maximum atomic E-state index is 13.0. The second-order valence-electron chi connectivity index (χ2n) is 6.89. The molecule has 3 aromatic rings. The molecule has 0 aliphatic carbocycles. The van der Waals surface area contributed by atoms with E-state index in [-0.39, 0.29) is 5.75 Å². The molecule has 0 saturated carbocycles. The van der Waals surface area contributed by atoms with Crippen molar-refractivity contribution < 1.29 is 23.1 Å². The Morgan fingerprint density at radius 1 is 1.03 bits per heavy atom. The summed E-state index contributed by atoms with van der Waals surface area (Å²) in [5.41, 5.74) is -0.197. The second-order valence-corrected chi connectivity index (χ2v) is 6.89. The van der Waals surface area contributed by atoms with Crippen LogP contribution in [0.1, 0.15) is 18.1 Å². The predicted octanol–water partition coefficient (Wildman–Crippen LogP) is 4.24. The molecule has 0 unspecified atom stereocenters. The molecule has 1 atom stereocenters. The average Bonchev–Trinajstić information content (AvgIpc) is 2.95. The summed E-state index contributed by atoms with van der Waals surface area (Å²) in [4.78, 5) is 25.4. The van der Waals surface area contributed by atoms with Gasteiger partial charge >= 0.3 is 12.6 Å². The molecular weight excluding hydrogens is 392 g/mol. The lowest BCUT2D eigenvalue weighted by atomic mass is 9.92. The molecule has 30 heavy (non-hydrogen) atoms. The van der Waals surface area contributed by atoms with Gasteiger partial charge in [0.2, 0.25) is 0 Å². The van der Waals surface area contributed by atoms with E-state index >= 15 is 0 Å². The number of nitrogens with one attached hydrogen (secondary N) is 1. The minimum absolute atomic E-state index is 0.0417. The van der Waals surface area contributed by atoms with Gasteiger partial charge in [0, 0.05) is 5.56 Å². The van der Waals surface area contributed by atoms with E-state index in [0.29, 0.717) is 5.56 Å². The third-order valence-corrected chi connectivity index (χ3v) is 4.96. The number of nitrogens with zero attached hydrogens (tertiary/aromatic N) is 2. The maximum absolute atomic E-state index is 13.0. The number of carbonyl (C=O) groups excluding carboxylic acids is 2. The van der Waals surface area contributed by atoms with E-state index < -0.39 is 24.1 Å². The molecule has 1 aliphatic rings. The van der Waals surface area contributed by atoms with Gasteiger partial charge in [-0.15, -0.1) is 5.01 Å². The van der Waals surface area contributed by atoms with Gasteiger partial charge in [-0.3, -0.25) is 4.79 Å². The Kier molecular flexibility index (Phi) is 4.91. The molecule has 152 valence electrons. The highest BCUT2D eigenvalue weighted by Gasteiger charge is 2.49. The number of ether oxygens (including phenoxy) is 1. The van der Waals surface area contributed by atoms with E-state index in [4.69, 9.17) is 0 Å². The Morgan fingerprint density at radius 2 is 1.73 bits per heavy atom. The fourth-order valence-electron chi connectivity index (χ4n) is 3.38. The molecule has 6 nitrogen and oxygen atoms in total. The first-order valence-corrected chi connectivity index (χ1v) is 9.12. The molecule has 0 bridgehead atoms. The molecule has 0 aromatic heterocycles. The molecule has 3 aromatic carbocycles. The largest absolute Gasteiger partial charge is 0.435 e. The minimum atomic E-state index is -2.95. The van der Waals surface area contributed by atoms with Crippen molar-refractivity contribution in [2.24, 2.45) is 5.10 Å². The summed E-state index contributed by atoms with van der Waals surface area (Å²) in [6.45, 7) is -1.41. The summed E-state index contributed by atoms with van der Waals surface area (Å²) in [5.74, 6) is -0.619. The number of halogens is 2. The van der Waals surface area contributed by atoms with E-state index in [1.807, 2.05) is 42.5 Å². The normalized spacial score (nSPS) is 19.1. The summed E-state index contributed by atoms with van der Waals surface area (Å²) in [5, 5.41) is 9.44. The first-order chi connectivity index (χ1) is 14.4. The van der Waals surface area contributed by atoms with Crippen LogP contribution in [0.15, 0.2) is 71.8 Å². The van der Waals surface area contributed by atoms with Gasteiger partial charge in [0.05, 0.1) is 6.21 Å².